The van der Waals surface area contributed by atoms with Crippen LogP contribution in [0.2, 0.25) is 0 Å². The van der Waals surface area contributed by atoms with Crippen LogP contribution in [0.4, 0.5) is 5.13 Å². The third kappa shape index (κ3) is 3.72. The first kappa shape index (κ1) is 16.0. The van der Waals surface area contributed by atoms with Gasteiger partial charge in [0, 0.05) is 10.9 Å². The molecule has 0 radical (unpaired) electrons. The van der Waals surface area contributed by atoms with E-state index in [2.05, 4.69) is 15.5 Å². The molecule has 1 aromatic heterocycles. The molecule has 3 rings (SSSR count). The van der Waals surface area contributed by atoms with Crippen molar-refractivity contribution in [3.8, 4) is 22.8 Å². The fourth-order valence-corrected chi connectivity index (χ4v) is 2.85. The van der Waals surface area contributed by atoms with Gasteiger partial charge in [0.1, 0.15) is 11.5 Å². The topological polar surface area (TPSA) is 55.7 Å². The second-order valence-electron chi connectivity index (χ2n) is 4.88. The number of aromatic nitrogens is 1. The first-order chi connectivity index (χ1) is 11.8. The van der Waals surface area contributed by atoms with Crippen molar-refractivity contribution in [1.82, 2.24) is 4.98 Å². The van der Waals surface area contributed by atoms with Crippen LogP contribution in [-0.4, -0.2) is 25.4 Å². The molecule has 0 aliphatic carbocycles. The number of nitrogens with one attached hydrogen (secondary N) is 1. The summed E-state index contributed by atoms with van der Waals surface area (Å²) in [6, 6.07) is 15.5. The van der Waals surface area contributed by atoms with Crippen LogP contribution >= 0.6 is 11.3 Å². The van der Waals surface area contributed by atoms with Crippen molar-refractivity contribution >= 4 is 22.7 Å². The van der Waals surface area contributed by atoms with E-state index in [1.807, 2.05) is 53.9 Å². The number of hydrogen-bond donors (Lipinski definition) is 1. The van der Waals surface area contributed by atoms with Gasteiger partial charge in [0.2, 0.25) is 5.13 Å². The molecule has 0 bridgehead atoms. The summed E-state index contributed by atoms with van der Waals surface area (Å²) in [5.74, 6) is 1.60. The Hall–Kier alpha value is -2.86. The fraction of sp³-hybridized carbons (Fsp3) is 0.111. The van der Waals surface area contributed by atoms with Gasteiger partial charge in [-0.25, -0.2) is 4.98 Å². The normalized spacial score (nSPS) is 10.8. The number of ether oxygens (including phenoxy) is 2. The molecule has 0 unspecified atom stereocenters. The van der Waals surface area contributed by atoms with E-state index in [0.717, 1.165) is 33.5 Å². The van der Waals surface area contributed by atoms with E-state index >= 15 is 0 Å². The monoisotopic (exact) mass is 339 g/mol. The highest BCUT2D eigenvalue weighted by atomic mass is 32.1. The van der Waals surface area contributed by atoms with Crippen molar-refractivity contribution in [2.75, 3.05) is 19.6 Å². The average molecular weight is 339 g/mol. The van der Waals surface area contributed by atoms with Crippen LogP contribution in [0, 0.1) is 0 Å². The Kier molecular flexibility index (Phi) is 5.08. The second kappa shape index (κ2) is 7.61. The summed E-state index contributed by atoms with van der Waals surface area (Å²) >= 11 is 1.49. The van der Waals surface area contributed by atoms with Crippen LogP contribution in [0.25, 0.3) is 11.3 Å². The van der Waals surface area contributed by atoms with Gasteiger partial charge in [-0.15, -0.1) is 11.3 Å². The van der Waals surface area contributed by atoms with Gasteiger partial charge in [-0.2, -0.15) is 5.10 Å². The number of nitrogens with zero attached hydrogens (tertiary/aromatic N) is 2. The molecule has 5 nitrogen and oxygen atoms in total. The molecule has 6 heteroatoms. The highest BCUT2D eigenvalue weighted by Crippen LogP contribution is 2.31. The highest BCUT2D eigenvalue weighted by Gasteiger charge is 2.08. The van der Waals surface area contributed by atoms with Gasteiger partial charge in [-0.1, -0.05) is 24.3 Å². The largest absolute Gasteiger partial charge is 0.497 e. The third-order valence-corrected chi connectivity index (χ3v) is 4.10. The SMILES string of the molecule is COc1cccc(/C=N\Nc2nc(-c3ccccc3OC)cs2)c1. The van der Waals surface area contributed by atoms with Gasteiger partial charge < -0.3 is 9.47 Å². The minimum atomic E-state index is 0.718. The Morgan fingerprint density at radius 3 is 2.79 bits per heavy atom. The predicted molar refractivity (Wildman–Crippen MR) is 98.3 cm³/mol. The Morgan fingerprint density at radius 1 is 1.08 bits per heavy atom. The van der Waals surface area contributed by atoms with Gasteiger partial charge in [0.15, 0.2) is 0 Å². The zero-order chi connectivity index (χ0) is 16.8. The maximum atomic E-state index is 5.37. The second-order valence-corrected chi connectivity index (χ2v) is 5.74. The molecule has 0 atom stereocenters. The number of hydrogen-bond acceptors (Lipinski definition) is 6. The lowest BCUT2D eigenvalue weighted by Crippen LogP contribution is -1.91. The zero-order valence-corrected chi connectivity index (χ0v) is 14.2. The summed E-state index contributed by atoms with van der Waals surface area (Å²) in [6.45, 7) is 0. The van der Waals surface area contributed by atoms with Crippen LogP contribution in [0.5, 0.6) is 11.5 Å². The Morgan fingerprint density at radius 2 is 1.96 bits per heavy atom. The minimum absolute atomic E-state index is 0.718. The molecule has 1 N–H and O–H groups in total. The lowest BCUT2D eigenvalue weighted by molar-refractivity contribution is 0.414. The Balaban J connectivity index is 1.71. The molecule has 0 aliphatic rings. The van der Waals surface area contributed by atoms with Gasteiger partial charge in [0.05, 0.1) is 26.1 Å². The maximum absolute atomic E-state index is 5.37. The van der Waals surface area contributed by atoms with Gasteiger partial charge in [-0.3, -0.25) is 5.43 Å². The standard InChI is InChI=1S/C18H17N3O2S/c1-22-14-7-5-6-13(10-14)11-19-21-18-20-16(12-24-18)15-8-3-4-9-17(15)23-2/h3-12H,1-2H3,(H,20,21)/b19-11-. The zero-order valence-electron chi connectivity index (χ0n) is 13.4. The number of hydrazone groups is 1. The molecule has 3 aromatic rings. The van der Waals surface area contributed by atoms with E-state index in [4.69, 9.17) is 9.47 Å². The van der Waals surface area contributed by atoms with Crippen molar-refractivity contribution in [1.29, 1.82) is 0 Å². The fourth-order valence-electron chi connectivity index (χ4n) is 2.19. The van der Waals surface area contributed by atoms with Crippen molar-refractivity contribution in [2.24, 2.45) is 5.10 Å². The lowest BCUT2D eigenvalue weighted by Gasteiger charge is -2.04. The minimum Gasteiger partial charge on any atom is -0.497 e. The van der Waals surface area contributed by atoms with Gasteiger partial charge >= 0.3 is 0 Å². The number of thiazole rings is 1. The van der Waals surface area contributed by atoms with Gasteiger partial charge in [0.25, 0.3) is 0 Å². The van der Waals surface area contributed by atoms with Crippen LogP contribution in [0.15, 0.2) is 59.0 Å². The summed E-state index contributed by atoms with van der Waals surface area (Å²) in [5.41, 5.74) is 5.72. The van der Waals surface area contributed by atoms with E-state index in [-0.39, 0.29) is 0 Å². The van der Waals surface area contributed by atoms with Crippen LogP contribution in [-0.2, 0) is 0 Å². The summed E-state index contributed by atoms with van der Waals surface area (Å²) in [6.07, 6.45) is 1.73. The molecule has 0 amide bonds. The van der Waals surface area contributed by atoms with Crippen LogP contribution in [0.3, 0.4) is 0 Å². The molecule has 2 aromatic carbocycles. The quantitative estimate of drug-likeness (QED) is 0.538. The van der Waals surface area contributed by atoms with E-state index < -0.39 is 0 Å². The predicted octanol–water partition coefficient (Wildman–Crippen LogP) is 4.27. The molecule has 24 heavy (non-hydrogen) atoms. The number of anilines is 1. The molecule has 1 heterocycles. The van der Waals surface area contributed by atoms with E-state index in [0.29, 0.717) is 0 Å². The summed E-state index contributed by atoms with van der Waals surface area (Å²) in [5, 5.41) is 6.91. The molecule has 0 saturated heterocycles. The summed E-state index contributed by atoms with van der Waals surface area (Å²) < 4.78 is 10.6. The number of para-hydroxylation sites is 1. The lowest BCUT2D eigenvalue weighted by atomic mass is 10.1. The van der Waals surface area contributed by atoms with Crippen LogP contribution < -0.4 is 14.9 Å². The first-order valence-corrected chi connectivity index (χ1v) is 8.20. The molecular formula is C18H17N3O2S. The van der Waals surface area contributed by atoms with Crippen molar-refractivity contribution in [2.45, 2.75) is 0 Å². The van der Waals surface area contributed by atoms with E-state index in [9.17, 15) is 0 Å². The number of benzene rings is 2. The first-order valence-electron chi connectivity index (χ1n) is 7.32. The van der Waals surface area contributed by atoms with E-state index in [1.165, 1.54) is 11.3 Å². The molecule has 0 aliphatic heterocycles. The number of rotatable bonds is 6. The smallest absolute Gasteiger partial charge is 0.203 e. The third-order valence-electron chi connectivity index (χ3n) is 3.35. The van der Waals surface area contributed by atoms with Crippen molar-refractivity contribution < 1.29 is 9.47 Å². The summed E-state index contributed by atoms with van der Waals surface area (Å²) in [4.78, 5) is 4.54. The van der Waals surface area contributed by atoms with Crippen molar-refractivity contribution in [3.63, 3.8) is 0 Å². The van der Waals surface area contributed by atoms with Crippen LogP contribution in [0.1, 0.15) is 5.56 Å². The molecule has 0 saturated carbocycles. The molecular weight excluding hydrogens is 322 g/mol. The van der Waals surface area contributed by atoms with Crippen molar-refractivity contribution in [3.05, 3.63) is 59.5 Å². The van der Waals surface area contributed by atoms with Gasteiger partial charge in [-0.05, 0) is 29.8 Å². The number of methoxy groups -OCH3 is 2. The Labute approximate surface area is 144 Å². The average Bonchev–Trinajstić information content (AvgIpc) is 3.10. The molecule has 122 valence electrons. The molecule has 0 spiro atoms. The highest BCUT2D eigenvalue weighted by molar-refractivity contribution is 7.14. The summed E-state index contributed by atoms with van der Waals surface area (Å²) in [7, 11) is 3.30. The maximum Gasteiger partial charge on any atom is 0.203 e. The molecule has 0 fully saturated rings. The van der Waals surface area contributed by atoms with E-state index in [1.54, 1.807) is 20.4 Å². The Bertz CT molecular complexity index is 846.